The summed E-state index contributed by atoms with van der Waals surface area (Å²) in [5.41, 5.74) is 5.07. The minimum Gasteiger partial charge on any atom is -0.373 e. The summed E-state index contributed by atoms with van der Waals surface area (Å²) < 4.78 is 6.15. The smallest absolute Gasteiger partial charge is 0.244 e. The van der Waals surface area contributed by atoms with Crippen LogP contribution in [0.5, 0.6) is 0 Å². The van der Waals surface area contributed by atoms with E-state index in [1.807, 2.05) is 17.9 Å². The van der Waals surface area contributed by atoms with Gasteiger partial charge in [-0.3, -0.25) is 4.79 Å². The van der Waals surface area contributed by atoms with Gasteiger partial charge in [0.05, 0.1) is 6.10 Å². The first kappa shape index (κ1) is 23.3. The average molecular weight is 449 g/mol. The monoisotopic (exact) mass is 448 g/mol. The van der Waals surface area contributed by atoms with Gasteiger partial charge in [0, 0.05) is 38.7 Å². The standard InChI is InChI=1S/C27H36N4O2/c1-3-28-27(30-18-25(32)31-15-14-21-7-4-5-8-24(21)19-31)29-17-23-9-6-16-33-26(23)22-12-10-20(2)11-13-22/h4-5,7-8,10-13,23,26H,3,6,9,14-19H2,1-2H3,(H2,28,29,30). The van der Waals surface area contributed by atoms with Crippen molar-refractivity contribution in [1.82, 2.24) is 15.5 Å². The predicted molar refractivity (Wildman–Crippen MR) is 132 cm³/mol. The molecule has 0 aromatic heterocycles. The quantitative estimate of drug-likeness (QED) is 0.524. The second-order valence-electron chi connectivity index (χ2n) is 9.01. The largest absolute Gasteiger partial charge is 0.373 e. The molecule has 0 spiro atoms. The normalized spacial score (nSPS) is 20.8. The highest BCUT2D eigenvalue weighted by molar-refractivity contribution is 5.85. The number of guanidine groups is 1. The number of benzene rings is 2. The molecule has 2 heterocycles. The first-order valence-corrected chi connectivity index (χ1v) is 12.2. The molecule has 2 N–H and O–H groups in total. The molecule has 2 atom stereocenters. The first-order valence-electron chi connectivity index (χ1n) is 12.2. The van der Waals surface area contributed by atoms with Gasteiger partial charge in [-0.05, 0) is 49.8 Å². The third-order valence-electron chi connectivity index (χ3n) is 6.58. The number of amides is 1. The third-order valence-corrected chi connectivity index (χ3v) is 6.58. The molecule has 0 bridgehead atoms. The number of nitrogens with zero attached hydrogens (tertiary/aromatic N) is 2. The van der Waals surface area contributed by atoms with Crippen LogP contribution in [0.4, 0.5) is 0 Å². The molecule has 1 saturated heterocycles. The van der Waals surface area contributed by atoms with E-state index >= 15 is 0 Å². The minimum absolute atomic E-state index is 0.0697. The van der Waals surface area contributed by atoms with Crippen LogP contribution in [0.15, 0.2) is 53.5 Å². The summed E-state index contributed by atoms with van der Waals surface area (Å²) in [5, 5.41) is 6.75. The van der Waals surface area contributed by atoms with Crippen molar-refractivity contribution in [3.05, 3.63) is 70.8 Å². The van der Waals surface area contributed by atoms with E-state index in [4.69, 9.17) is 4.74 Å². The molecule has 4 rings (SSSR count). The van der Waals surface area contributed by atoms with Gasteiger partial charge in [-0.15, -0.1) is 0 Å². The van der Waals surface area contributed by atoms with Gasteiger partial charge >= 0.3 is 0 Å². The lowest BCUT2D eigenvalue weighted by molar-refractivity contribution is -0.130. The summed E-state index contributed by atoms with van der Waals surface area (Å²) in [6, 6.07) is 17.0. The topological polar surface area (TPSA) is 66.0 Å². The van der Waals surface area contributed by atoms with E-state index in [2.05, 4.69) is 65.0 Å². The van der Waals surface area contributed by atoms with Gasteiger partial charge in [0.25, 0.3) is 0 Å². The molecule has 2 unspecified atom stereocenters. The number of aliphatic imine (C=N–C) groups is 1. The fourth-order valence-corrected chi connectivity index (χ4v) is 4.70. The number of ether oxygens (including phenoxy) is 1. The van der Waals surface area contributed by atoms with Crippen molar-refractivity contribution in [2.75, 3.05) is 32.8 Å². The zero-order valence-corrected chi connectivity index (χ0v) is 19.8. The number of aryl methyl sites for hydroxylation is 1. The van der Waals surface area contributed by atoms with Crippen LogP contribution in [0.1, 0.15) is 48.1 Å². The Morgan fingerprint density at radius 3 is 2.70 bits per heavy atom. The van der Waals surface area contributed by atoms with Crippen molar-refractivity contribution in [2.45, 2.75) is 45.8 Å². The fraction of sp³-hybridized carbons (Fsp3) is 0.481. The van der Waals surface area contributed by atoms with Crippen LogP contribution in [0.3, 0.4) is 0 Å². The van der Waals surface area contributed by atoms with E-state index in [-0.39, 0.29) is 18.6 Å². The molecule has 2 aromatic rings. The van der Waals surface area contributed by atoms with Crippen molar-refractivity contribution >= 4 is 11.9 Å². The Balaban J connectivity index is 1.34. The molecular weight excluding hydrogens is 412 g/mol. The highest BCUT2D eigenvalue weighted by atomic mass is 16.5. The molecule has 6 nitrogen and oxygen atoms in total. The van der Waals surface area contributed by atoms with Gasteiger partial charge in [-0.25, -0.2) is 4.99 Å². The maximum Gasteiger partial charge on any atom is 0.244 e. The van der Waals surface area contributed by atoms with Crippen molar-refractivity contribution in [3.63, 3.8) is 0 Å². The lowest BCUT2D eigenvalue weighted by Crippen LogP contribution is -2.43. The van der Waals surface area contributed by atoms with Crippen LogP contribution < -0.4 is 10.6 Å². The molecule has 0 saturated carbocycles. The Bertz CT molecular complexity index is 957. The van der Waals surface area contributed by atoms with Gasteiger partial charge in [0.15, 0.2) is 5.96 Å². The van der Waals surface area contributed by atoms with Gasteiger partial charge in [-0.1, -0.05) is 54.1 Å². The summed E-state index contributed by atoms with van der Waals surface area (Å²) >= 11 is 0. The molecule has 6 heteroatoms. The Morgan fingerprint density at radius 2 is 1.91 bits per heavy atom. The number of nitrogens with one attached hydrogen (secondary N) is 2. The number of hydrogen-bond acceptors (Lipinski definition) is 3. The molecule has 1 amide bonds. The van der Waals surface area contributed by atoms with Crippen LogP contribution in [-0.2, 0) is 22.5 Å². The highest BCUT2D eigenvalue weighted by Crippen LogP contribution is 2.33. The highest BCUT2D eigenvalue weighted by Gasteiger charge is 2.27. The summed E-state index contributed by atoms with van der Waals surface area (Å²) in [7, 11) is 0. The van der Waals surface area contributed by atoms with Gasteiger partial charge in [0.2, 0.25) is 5.91 Å². The molecule has 2 aromatic carbocycles. The lowest BCUT2D eigenvalue weighted by atomic mass is 9.89. The lowest BCUT2D eigenvalue weighted by Gasteiger charge is -2.32. The van der Waals surface area contributed by atoms with Crippen LogP contribution in [0, 0.1) is 12.8 Å². The Kier molecular flexibility index (Phi) is 8.00. The van der Waals surface area contributed by atoms with Crippen LogP contribution in [0.2, 0.25) is 0 Å². The third kappa shape index (κ3) is 6.14. The molecule has 176 valence electrons. The van der Waals surface area contributed by atoms with Crippen molar-refractivity contribution < 1.29 is 9.53 Å². The molecular formula is C27H36N4O2. The Labute approximate surface area is 197 Å². The predicted octanol–water partition coefficient (Wildman–Crippen LogP) is 3.60. The van der Waals surface area contributed by atoms with E-state index in [1.54, 1.807) is 0 Å². The first-order chi connectivity index (χ1) is 16.1. The number of carbonyl (C=O) groups excluding carboxylic acids is 1. The van der Waals surface area contributed by atoms with Crippen molar-refractivity contribution in [2.24, 2.45) is 10.9 Å². The number of fused-ring (bicyclic) bond motifs is 1. The van der Waals surface area contributed by atoms with E-state index in [1.165, 1.54) is 22.3 Å². The van der Waals surface area contributed by atoms with Gasteiger partial charge < -0.3 is 20.3 Å². The number of hydrogen-bond donors (Lipinski definition) is 2. The molecule has 33 heavy (non-hydrogen) atoms. The summed E-state index contributed by atoms with van der Waals surface area (Å²) in [5.74, 6) is 1.12. The zero-order valence-electron chi connectivity index (χ0n) is 19.8. The fourth-order valence-electron chi connectivity index (χ4n) is 4.70. The second kappa shape index (κ2) is 11.3. The van der Waals surface area contributed by atoms with E-state index in [0.717, 1.165) is 45.5 Å². The summed E-state index contributed by atoms with van der Waals surface area (Å²) in [6.07, 6.45) is 3.17. The zero-order chi connectivity index (χ0) is 23.0. The second-order valence-corrected chi connectivity index (χ2v) is 9.01. The van der Waals surface area contributed by atoms with E-state index in [9.17, 15) is 4.79 Å². The van der Waals surface area contributed by atoms with Crippen molar-refractivity contribution in [3.8, 4) is 0 Å². The van der Waals surface area contributed by atoms with E-state index in [0.29, 0.717) is 18.4 Å². The van der Waals surface area contributed by atoms with Crippen LogP contribution >= 0.6 is 0 Å². The van der Waals surface area contributed by atoms with Gasteiger partial charge in [-0.2, -0.15) is 0 Å². The average Bonchev–Trinajstić information content (AvgIpc) is 2.86. The van der Waals surface area contributed by atoms with Crippen molar-refractivity contribution in [1.29, 1.82) is 0 Å². The van der Waals surface area contributed by atoms with Crippen LogP contribution in [-0.4, -0.2) is 49.6 Å². The Hall–Kier alpha value is -2.86. The van der Waals surface area contributed by atoms with Crippen LogP contribution in [0.25, 0.3) is 0 Å². The molecule has 2 aliphatic heterocycles. The van der Waals surface area contributed by atoms with Gasteiger partial charge in [0.1, 0.15) is 6.54 Å². The minimum atomic E-state index is 0.0697. The molecule has 2 aliphatic rings. The maximum absolute atomic E-state index is 12.8. The SMILES string of the molecule is CCNC(=NCC(=O)N1CCc2ccccc2C1)NCC1CCCOC1c1ccc(C)cc1. The number of rotatable bonds is 6. The molecule has 0 aliphatic carbocycles. The summed E-state index contributed by atoms with van der Waals surface area (Å²) in [6.45, 7) is 8.04. The molecule has 1 fully saturated rings. The Morgan fingerprint density at radius 1 is 1.12 bits per heavy atom. The number of carbonyl (C=O) groups is 1. The molecule has 0 radical (unpaired) electrons. The van der Waals surface area contributed by atoms with E-state index < -0.39 is 0 Å². The summed E-state index contributed by atoms with van der Waals surface area (Å²) in [4.78, 5) is 19.3. The maximum atomic E-state index is 12.8.